The number of aromatic nitrogens is 2. The van der Waals surface area contributed by atoms with Gasteiger partial charge in [0.05, 0.1) is 6.54 Å². The molecule has 0 aromatic carbocycles. The van der Waals surface area contributed by atoms with E-state index in [1.807, 2.05) is 0 Å². The van der Waals surface area contributed by atoms with Crippen LogP contribution < -0.4 is 0 Å². The maximum atomic E-state index is 10.9. The molecule has 1 saturated heterocycles. The van der Waals surface area contributed by atoms with Gasteiger partial charge in [-0.1, -0.05) is 0 Å². The quantitative estimate of drug-likeness (QED) is 0.858. The van der Waals surface area contributed by atoms with E-state index in [2.05, 4.69) is 31.0 Å². The number of carbonyl (C=O) groups excluding carboxylic acids is 1. The summed E-state index contributed by atoms with van der Waals surface area (Å²) in [5.41, 5.74) is 2.46. The highest BCUT2D eigenvalue weighted by atomic mass is 79.9. The average molecular weight is 328 g/mol. The van der Waals surface area contributed by atoms with Crippen molar-refractivity contribution >= 4 is 22.2 Å². The third kappa shape index (κ3) is 2.49. The molecule has 0 radical (unpaired) electrons. The number of aldehydes is 1. The molecule has 104 valence electrons. The molecule has 2 aliphatic rings. The first-order valence-corrected chi connectivity index (χ1v) is 7.58. The van der Waals surface area contributed by atoms with E-state index >= 15 is 0 Å². The Morgan fingerprint density at radius 1 is 1.47 bits per heavy atom. The van der Waals surface area contributed by atoms with E-state index in [1.54, 1.807) is 0 Å². The number of nitrogens with one attached hydrogen (secondary N) is 1. The Morgan fingerprint density at radius 2 is 2.26 bits per heavy atom. The number of nitrogens with zero attached hydrogens (tertiary/aromatic N) is 2. The molecule has 6 heteroatoms. The highest BCUT2D eigenvalue weighted by Gasteiger charge is 2.37. The monoisotopic (exact) mass is 327 g/mol. The molecule has 1 fully saturated rings. The first kappa shape index (κ1) is 13.3. The lowest BCUT2D eigenvalue weighted by Crippen LogP contribution is -2.41. The Balaban J connectivity index is 1.93. The second kappa shape index (κ2) is 5.73. The van der Waals surface area contributed by atoms with Gasteiger partial charge in [0.1, 0.15) is 10.9 Å². The summed E-state index contributed by atoms with van der Waals surface area (Å²) in [5.74, 6) is 0.543. The number of rotatable bonds is 3. The summed E-state index contributed by atoms with van der Waals surface area (Å²) >= 11 is 3.55. The second-order valence-corrected chi connectivity index (χ2v) is 5.96. The molecule has 2 aliphatic heterocycles. The summed E-state index contributed by atoms with van der Waals surface area (Å²) in [5, 5.41) is 7.40. The van der Waals surface area contributed by atoms with Crippen LogP contribution in [0.25, 0.3) is 0 Å². The molecular formula is C13H18BrN3O2. The van der Waals surface area contributed by atoms with Crippen molar-refractivity contribution in [3.8, 4) is 0 Å². The maximum absolute atomic E-state index is 10.9. The van der Waals surface area contributed by atoms with Gasteiger partial charge in [-0.2, -0.15) is 5.10 Å². The van der Waals surface area contributed by atoms with E-state index in [4.69, 9.17) is 4.74 Å². The highest BCUT2D eigenvalue weighted by Crippen LogP contribution is 2.41. The molecule has 0 saturated carbocycles. The number of fused-ring (bicyclic) bond motifs is 1. The zero-order chi connectivity index (χ0) is 13.2. The predicted octanol–water partition coefficient (Wildman–Crippen LogP) is 1.70. The Kier molecular flexibility index (Phi) is 4.00. The van der Waals surface area contributed by atoms with Crippen LogP contribution in [0.1, 0.15) is 30.1 Å². The number of H-pyrrole nitrogens is 1. The molecule has 3 rings (SSSR count). The molecule has 1 unspecified atom stereocenters. The van der Waals surface area contributed by atoms with Crippen molar-refractivity contribution in [3.05, 3.63) is 15.9 Å². The Hall–Kier alpha value is -0.720. The molecule has 1 N–H and O–H groups in total. The number of halogens is 1. The van der Waals surface area contributed by atoms with E-state index in [0.29, 0.717) is 12.5 Å². The van der Waals surface area contributed by atoms with Crippen molar-refractivity contribution < 1.29 is 9.53 Å². The normalized spacial score (nSPS) is 25.2. The van der Waals surface area contributed by atoms with Gasteiger partial charge in [-0.05, 0) is 34.7 Å². The third-order valence-corrected chi connectivity index (χ3v) is 4.80. The van der Waals surface area contributed by atoms with Crippen LogP contribution in [-0.2, 0) is 16.0 Å². The van der Waals surface area contributed by atoms with Crippen LogP contribution in [0.3, 0.4) is 0 Å². The number of hydrogen-bond acceptors (Lipinski definition) is 4. The first-order valence-electron chi connectivity index (χ1n) is 6.79. The lowest BCUT2D eigenvalue weighted by atomic mass is 9.83. The van der Waals surface area contributed by atoms with Gasteiger partial charge in [0.25, 0.3) is 0 Å². The lowest BCUT2D eigenvalue weighted by molar-refractivity contribution is -0.110. The van der Waals surface area contributed by atoms with Crippen LogP contribution in [0.2, 0.25) is 0 Å². The van der Waals surface area contributed by atoms with Crippen molar-refractivity contribution in [2.24, 2.45) is 5.92 Å². The minimum atomic E-state index is 0.283. The smallest absolute Gasteiger partial charge is 0.134 e. The average Bonchev–Trinajstić information content (AvgIpc) is 2.82. The van der Waals surface area contributed by atoms with Crippen molar-refractivity contribution in [1.29, 1.82) is 0 Å². The number of aromatic amines is 1. The van der Waals surface area contributed by atoms with Crippen LogP contribution in [0.4, 0.5) is 0 Å². The van der Waals surface area contributed by atoms with Crippen LogP contribution in [-0.4, -0.2) is 47.7 Å². The molecule has 1 atom stereocenters. The van der Waals surface area contributed by atoms with E-state index in [-0.39, 0.29) is 6.04 Å². The summed E-state index contributed by atoms with van der Waals surface area (Å²) in [6.07, 6.45) is 4.04. The van der Waals surface area contributed by atoms with Crippen LogP contribution in [0.5, 0.6) is 0 Å². The summed E-state index contributed by atoms with van der Waals surface area (Å²) in [7, 11) is 0. The van der Waals surface area contributed by atoms with E-state index in [0.717, 1.165) is 49.9 Å². The van der Waals surface area contributed by atoms with Gasteiger partial charge in [0.15, 0.2) is 0 Å². The number of hydrogen-bond donors (Lipinski definition) is 1. The largest absolute Gasteiger partial charge is 0.381 e. The maximum Gasteiger partial charge on any atom is 0.134 e. The number of carbonyl (C=O) groups is 1. The fraction of sp³-hybridized carbons (Fsp3) is 0.692. The van der Waals surface area contributed by atoms with E-state index in [9.17, 15) is 4.79 Å². The van der Waals surface area contributed by atoms with Crippen molar-refractivity contribution in [2.75, 3.05) is 26.3 Å². The molecule has 0 bridgehead atoms. The Morgan fingerprint density at radius 3 is 3.00 bits per heavy atom. The minimum absolute atomic E-state index is 0.283. The molecule has 1 aromatic heterocycles. The molecular weight excluding hydrogens is 310 g/mol. The minimum Gasteiger partial charge on any atom is -0.381 e. The van der Waals surface area contributed by atoms with Gasteiger partial charge in [-0.3, -0.25) is 10.00 Å². The highest BCUT2D eigenvalue weighted by molar-refractivity contribution is 9.10. The Labute approximate surface area is 120 Å². The van der Waals surface area contributed by atoms with E-state index < -0.39 is 0 Å². The van der Waals surface area contributed by atoms with Crippen LogP contribution in [0.15, 0.2) is 4.60 Å². The second-order valence-electron chi connectivity index (χ2n) is 5.21. The summed E-state index contributed by atoms with van der Waals surface area (Å²) in [6.45, 7) is 3.06. The van der Waals surface area contributed by atoms with Gasteiger partial charge in [-0.25, -0.2) is 0 Å². The molecule has 19 heavy (non-hydrogen) atoms. The van der Waals surface area contributed by atoms with E-state index in [1.165, 1.54) is 11.3 Å². The third-order valence-electron chi connectivity index (χ3n) is 4.20. The van der Waals surface area contributed by atoms with Crippen LogP contribution in [0, 0.1) is 5.92 Å². The van der Waals surface area contributed by atoms with Crippen molar-refractivity contribution in [3.63, 3.8) is 0 Å². The molecule has 0 aliphatic carbocycles. The molecule has 0 spiro atoms. The standard InChI is InChI=1S/C13H18BrN3O2/c14-13-11-10(15-16-13)1-4-17(5-6-18)12(11)9-2-7-19-8-3-9/h6,9,12H,1-5,7-8H2,(H,15,16). The SMILES string of the molecule is O=CCN1CCc2[nH]nc(Br)c2C1C1CCOCC1. The summed E-state index contributed by atoms with van der Waals surface area (Å²) in [4.78, 5) is 13.2. The molecule has 1 aromatic rings. The van der Waals surface area contributed by atoms with Crippen molar-refractivity contribution in [2.45, 2.75) is 25.3 Å². The van der Waals surface area contributed by atoms with Gasteiger partial charge in [0, 0.05) is 43.5 Å². The molecule has 0 amide bonds. The van der Waals surface area contributed by atoms with Crippen LogP contribution >= 0.6 is 15.9 Å². The molecule has 5 nitrogen and oxygen atoms in total. The molecule has 3 heterocycles. The fourth-order valence-electron chi connectivity index (χ4n) is 3.30. The van der Waals surface area contributed by atoms with Gasteiger partial charge in [-0.15, -0.1) is 0 Å². The summed E-state index contributed by atoms with van der Waals surface area (Å²) in [6, 6.07) is 0.283. The fourth-order valence-corrected chi connectivity index (χ4v) is 3.86. The topological polar surface area (TPSA) is 58.2 Å². The predicted molar refractivity (Wildman–Crippen MR) is 73.9 cm³/mol. The van der Waals surface area contributed by atoms with Gasteiger partial charge in [0.2, 0.25) is 0 Å². The van der Waals surface area contributed by atoms with Crippen molar-refractivity contribution in [1.82, 2.24) is 15.1 Å². The first-order chi connectivity index (χ1) is 9.31. The van der Waals surface area contributed by atoms with Gasteiger partial charge >= 0.3 is 0 Å². The lowest BCUT2D eigenvalue weighted by Gasteiger charge is -2.40. The Bertz CT molecular complexity index is 457. The van der Waals surface area contributed by atoms with Gasteiger partial charge < -0.3 is 9.53 Å². The zero-order valence-corrected chi connectivity index (χ0v) is 12.4. The summed E-state index contributed by atoms with van der Waals surface area (Å²) < 4.78 is 6.36. The zero-order valence-electron chi connectivity index (χ0n) is 10.8. The number of ether oxygens (including phenoxy) is 1.